The van der Waals surface area contributed by atoms with Gasteiger partial charge >= 0.3 is 0 Å². The summed E-state index contributed by atoms with van der Waals surface area (Å²) in [5, 5.41) is 16.8. The van der Waals surface area contributed by atoms with Crippen LogP contribution in [0.3, 0.4) is 0 Å². The van der Waals surface area contributed by atoms with Gasteiger partial charge in [-0.25, -0.2) is 0 Å². The second-order valence-electron chi connectivity index (χ2n) is 7.41. The molecule has 5 rings (SSSR count). The minimum Gasteiger partial charge on any atom is -0.508 e. The molecule has 27 heavy (non-hydrogen) atoms. The molecule has 2 aliphatic heterocycles. The molecule has 0 bridgehead atoms. The molecule has 136 valence electrons. The first-order valence-electron chi connectivity index (χ1n) is 9.47. The van der Waals surface area contributed by atoms with E-state index in [1.807, 2.05) is 29.3 Å². The highest BCUT2D eigenvalue weighted by atomic mass is 16.3. The summed E-state index contributed by atoms with van der Waals surface area (Å²) in [5.41, 5.74) is 4.92. The molecule has 5 nitrogen and oxygen atoms in total. The van der Waals surface area contributed by atoms with Gasteiger partial charge in [-0.1, -0.05) is 37.1 Å². The van der Waals surface area contributed by atoms with Crippen LogP contribution in [0.15, 0.2) is 54.9 Å². The molecule has 3 heterocycles. The maximum Gasteiger partial charge on any atom is 0.255 e. The van der Waals surface area contributed by atoms with Crippen LogP contribution in [0.1, 0.15) is 59.3 Å². The van der Waals surface area contributed by atoms with Crippen molar-refractivity contribution in [2.75, 3.05) is 0 Å². The summed E-state index contributed by atoms with van der Waals surface area (Å²) in [6, 6.07) is 13.6. The first-order valence-corrected chi connectivity index (χ1v) is 9.47. The Bertz CT molecular complexity index is 997. The van der Waals surface area contributed by atoms with Crippen molar-refractivity contribution in [3.05, 3.63) is 71.5 Å². The number of H-pyrrole nitrogens is 1. The molecule has 0 radical (unpaired) electrons. The molecule has 2 aromatic carbocycles. The van der Waals surface area contributed by atoms with Crippen molar-refractivity contribution in [3.63, 3.8) is 0 Å². The van der Waals surface area contributed by atoms with E-state index in [0.717, 1.165) is 53.5 Å². The highest BCUT2D eigenvalue weighted by Crippen LogP contribution is 2.47. The number of benzene rings is 2. The Hall–Kier alpha value is -3.08. The third-order valence-corrected chi connectivity index (χ3v) is 5.84. The lowest BCUT2D eigenvalue weighted by atomic mass is 9.97. The third-order valence-electron chi connectivity index (χ3n) is 5.84. The number of rotatable bonds is 2. The Balaban J connectivity index is 1.58. The van der Waals surface area contributed by atoms with Gasteiger partial charge < -0.3 is 10.0 Å². The van der Waals surface area contributed by atoms with E-state index in [9.17, 15) is 9.90 Å². The van der Waals surface area contributed by atoms with E-state index in [2.05, 4.69) is 22.3 Å². The third kappa shape index (κ3) is 2.62. The number of amides is 1. The van der Waals surface area contributed by atoms with Crippen molar-refractivity contribution in [2.24, 2.45) is 0 Å². The minimum atomic E-state index is 0.00174. The normalized spacial score (nSPS) is 21.6. The monoisotopic (exact) mass is 359 g/mol. The Morgan fingerprint density at radius 1 is 1.04 bits per heavy atom. The molecule has 2 N–H and O–H groups in total. The zero-order chi connectivity index (χ0) is 18.4. The number of nitrogens with zero attached hydrogens (tertiary/aromatic N) is 2. The zero-order valence-corrected chi connectivity index (χ0v) is 14.9. The number of carbonyl (C=O) groups excluding carboxylic acids is 1. The predicted molar refractivity (Wildman–Crippen MR) is 102 cm³/mol. The van der Waals surface area contributed by atoms with Gasteiger partial charge in [0, 0.05) is 17.3 Å². The minimum absolute atomic E-state index is 0.00174. The smallest absolute Gasteiger partial charge is 0.255 e. The number of phenolic OH excluding ortho intramolecular Hbond substituents is 1. The molecule has 1 fully saturated rings. The summed E-state index contributed by atoms with van der Waals surface area (Å²) in [4.78, 5) is 15.5. The van der Waals surface area contributed by atoms with Gasteiger partial charge in [0.2, 0.25) is 0 Å². The van der Waals surface area contributed by atoms with Crippen molar-refractivity contribution < 1.29 is 9.90 Å². The lowest BCUT2D eigenvalue weighted by Crippen LogP contribution is -2.31. The summed E-state index contributed by atoms with van der Waals surface area (Å²) >= 11 is 0. The number of aromatic hydroxyl groups is 1. The molecule has 1 unspecified atom stereocenters. The van der Waals surface area contributed by atoms with Crippen LogP contribution >= 0.6 is 0 Å². The topological polar surface area (TPSA) is 69.2 Å². The summed E-state index contributed by atoms with van der Waals surface area (Å²) in [5.74, 6) is 0.343. The van der Waals surface area contributed by atoms with E-state index in [1.54, 1.807) is 18.3 Å². The molecular weight excluding hydrogens is 338 g/mol. The van der Waals surface area contributed by atoms with Crippen LogP contribution in [0.4, 0.5) is 0 Å². The number of carbonyl (C=O) groups is 1. The number of hydrogen-bond acceptors (Lipinski definition) is 3. The van der Waals surface area contributed by atoms with Gasteiger partial charge in [0.15, 0.2) is 0 Å². The van der Waals surface area contributed by atoms with Crippen LogP contribution in [0.25, 0.3) is 11.1 Å². The number of nitrogens with one attached hydrogen (secondary N) is 1. The average molecular weight is 359 g/mol. The molecule has 3 aromatic rings. The molecule has 1 aromatic heterocycles. The maximum absolute atomic E-state index is 13.4. The van der Waals surface area contributed by atoms with Gasteiger partial charge in [-0.3, -0.25) is 9.89 Å². The van der Waals surface area contributed by atoms with Gasteiger partial charge in [-0.15, -0.1) is 0 Å². The molecular formula is C22H21N3O2. The Morgan fingerprint density at radius 3 is 2.67 bits per heavy atom. The first-order chi connectivity index (χ1) is 13.2. The lowest BCUT2D eigenvalue weighted by Gasteiger charge is -2.31. The van der Waals surface area contributed by atoms with Crippen LogP contribution in [0.5, 0.6) is 5.75 Å². The predicted octanol–water partition coefficient (Wildman–Crippen LogP) is 4.59. The molecule has 2 atom stereocenters. The van der Waals surface area contributed by atoms with Crippen molar-refractivity contribution in [3.8, 4) is 16.9 Å². The van der Waals surface area contributed by atoms with Crippen LogP contribution in [0, 0.1) is 0 Å². The van der Waals surface area contributed by atoms with Crippen molar-refractivity contribution in [1.29, 1.82) is 0 Å². The Morgan fingerprint density at radius 2 is 1.89 bits per heavy atom. The first kappa shape index (κ1) is 16.1. The number of fused-ring (bicyclic) bond motifs is 3. The van der Waals surface area contributed by atoms with E-state index in [-0.39, 0.29) is 23.7 Å². The van der Waals surface area contributed by atoms with Crippen LogP contribution < -0.4 is 0 Å². The Labute approximate surface area is 157 Å². The van der Waals surface area contributed by atoms with E-state index in [1.165, 1.54) is 0 Å². The molecule has 1 saturated heterocycles. The number of aromatic nitrogens is 2. The van der Waals surface area contributed by atoms with Crippen molar-refractivity contribution in [2.45, 2.75) is 37.8 Å². The molecule has 2 aliphatic rings. The van der Waals surface area contributed by atoms with E-state index < -0.39 is 0 Å². The van der Waals surface area contributed by atoms with Crippen molar-refractivity contribution in [1.82, 2.24) is 15.1 Å². The van der Waals surface area contributed by atoms with Crippen LogP contribution in [0.2, 0.25) is 0 Å². The lowest BCUT2D eigenvalue weighted by molar-refractivity contribution is 0.0628. The van der Waals surface area contributed by atoms with E-state index in [0.29, 0.717) is 0 Å². The van der Waals surface area contributed by atoms with Gasteiger partial charge in [0.1, 0.15) is 5.75 Å². The quantitative estimate of drug-likeness (QED) is 0.703. The molecule has 0 saturated carbocycles. The number of aromatic amines is 1. The fourth-order valence-corrected chi connectivity index (χ4v) is 4.58. The summed E-state index contributed by atoms with van der Waals surface area (Å²) < 4.78 is 0. The zero-order valence-electron chi connectivity index (χ0n) is 14.9. The number of hydrogen-bond donors (Lipinski definition) is 2. The van der Waals surface area contributed by atoms with Crippen LogP contribution in [-0.2, 0) is 0 Å². The summed E-state index contributed by atoms with van der Waals surface area (Å²) in [7, 11) is 0. The Kier molecular flexibility index (Phi) is 3.74. The highest BCUT2D eigenvalue weighted by Gasteiger charge is 2.42. The summed E-state index contributed by atoms with van der Waals surface area (Å²) in [6.07, 6.45) is 7.72. The van der Waals surface area contributed by atoms with E-state index in [4.69, 9.17) is 0 Å². The van der Waals surface area contributed by atoms with Gasteiger partial charge in [0.05, 0.1) is 18.3 Å². The second kappa shape index (κ2) is 6.27. The summed E-state index contributed by atoms with van der Waals surface area (Å²) in [6.45, 7) is 0. The maximum atomic E-state index is 13.4. The molecule has 5 heteroatoms. The molecule has 0 aliphatic carbocycles. The van der Waals surface area contributed by atoms with E-state index >= 15 is 0 Å². The largest absolute Gasteiger partial charge is 0.508 e. The fourth-order valence-electron chi connectivity index (χ4n) is 4.58. The van der Waals surface area contributed by atoms with Crippen LogP contribution in [-0.4, -0.2) is 26.1 Å². The standard InChI is InChI=1S/C22H21N3O2/c26-17-5-3-4-15(10-17)20-6-1-2-7-21-18-9-8-14(16-12-23-24-13-16)11-19(18)22(27)25(20)21/h3-5,8-13,20-21,26H,1-2,6-7H2,(H,23,24)/t20-,21?/m1/s1. The van der Waals surface area contributed by atoms with Gasteiger partial charge in [0.25, 0.3) is 5.91 Å². The van der Waals surface area contributed by atoms with Crippen molar-refractivity contribution >= 4 is 5.91 Å². The highest BCUT2D eigenvalue weighted by molar-refractivity contribution is 6.00. The fraction of sp³-hybridized carbons (Fsp3) is 0.273. The second-order valence-corrected chi connectivity index (χ2v) is 7.41. The average Bonchev–Trinajstić information content (AvgIpc) is 3.23. The SMILES string of the molecule is O=C1c2cc(-c3cn[nH]c3)ccc2C2CCCC[C@H](c3cccc(O)c3)N12. The molecule has 0 spiro atoms. The van der Waals surface area contributed by atoms with Gasteiger partial charge in [-0.2, -0.15) is 5.10 Å². The molecule has 1 amide bonds. The van der Waals surface area contributed by atoms with Gasteiger partial charge in [-0.05, 0) is 47.7 Å². The number of phenols is 1.